The first-order valence-electron chi connectivity index (χ1n) is 5.92. The highest BCUT2D eigenvalue weighted by molar-refractivity contribution is 6.33. The van der Waals surface area contributed by atoms with Crippen molar-refractivity contribution in [3.8, 4) is 0 Å². The summed E-state index contributed by atoms with van der Waals surface area (Å²) in [5.41, 5.74) is 0.747. The lowest BCUT2D eigenvalue weighted by Crippen LogP contribution is -2.33. The predicted octanol–water partition coefficient (Wildman–Crippen LogP) is 2.90. The molecule has 0 saturated heterocycles. The van der Waals surface area contributed by atoms with Crippen LogP contribution in [0, 0.1) is 0 Å². The summed E-state index contributed by atoms with van der Waals surface area (Å²) in [5.74, 6) is -1.65. The highest BCUT2D eigenvalue weighted by Gasteiger charge is 2.23. The van der Waals surface area contributed by atoms with Crippen molar-refractivity contribution in [1.82, 2.24) is 5.32 Å². The number of carboxylic acids is 1. The van der Waals surface area contributed by atoms with Crippen molar-refractivity contribution in [2.45, 2.75) is 6.04 Å². The minimum atomic E-state index is -1.13. The molecule has 0 aromatic heterocycles. The van der Waals surface area contributed by atoms with Gasteiger partial charge >= 0.3 is 5.97 Å². The van der Waals surface area contributed by atoms with Gasteiger partial charge in [0.25, 0.3) is 5.91 Å². The minimum Gasteiger partial charge on any atom is -0.479 e. The Morgan fingerprint density at radius 1 is 1.00 bits per heavy atom. The topological polar surface area (TPSA) is 66.4 Å². The molecule has 0 aliphatic rings. The molecule has 0 bridgehead atoms. The summed E-state index contributed by atoms with van der Waals surface area (Å²) in [4.78, 5) is 23.4. The van der Waals surface area contributed by atoms with Crippen LogP contribution >= 0.6 is 11.6 Å². The van der Waals surface area contributed by atoms with Gasteiger partial charge in [0, 0.05) is 0 Å². The molecule has 2 rings (SSSR count). The standard InChI is InChI=1S/C15H12ClNO3/c16-12-9-5-4-8-11(12)14(18)17-13(15(19)20)10-6-2-1-3-7-10/h1-9,13H,(H,17,18)(H,19,20)/t13-/m1/s1. The lowest BCUT2D eigenvalue weighted by Gasteiger charge is -2.15. The molecule has 0 aliphatic carbocycles. The number of benzene rings is 2. The molecule has 4 nitrogen and oxygen atoms in total. The third-order valence-corrected chi connectivity index (χ3v) is 3.10. The number of hydrogen-bond donors (Lipinski definition) is 2. The van der Waals surface area contributed by atoms with E-state index in [0.29, 0.717) is 5.56 Å². The van der Waals surface area contributed by atoms with Gasteiger partial charge in [-0.1, -0.05) is 54.1 Å². The number of aliphatic carboxylic acids is 1. The Bertz CT molecular complexity index is 628. The van der Waals surface area contributed by atoms with Crippen molar-refractivity contribution in [3.05, 3.63) is 70.7 Å². The zero-order valence-corrected chi connectivity index (χ0v) is 11.2. The van der Waals surface area contributed by atoms with Crippen LogP contribution in [-0.2, 0) is 4.79 Å². The Labute approximate surface area is 121 Å². The van der Waals surface area contributed by atoms with Gasteiger partial charge in [0.15, 0.2) is 6.04 Å². The molecule has 1 amide bonds. The van der Waals surface area contributed by atoms with Gasteiger partial charge < -0.3 is 10.4 Å². The Kier molecular flexibility index (Phi) is 4.38. The average Bonchev–Trinajstić information content (AvgIpc) is 2.45. The third kappa shape index (κ3) is 3.16. The highest BCUT2D eigenvalue weighted by atomic mass is 35.5. The minimum absolute atomic E-state index is 0.247. The van der Waals surface area contributed by atoms with Crippen molar-refractivity contribution in [1.29, 1.82) is 0 Å². The van der Waals surface area contributed by atoms with Gasteiger partial charge in [-0.05, 0) is 17.7 Å². The second-order valence-corrected chi connectivity index (χ2v) is 4.54. The molecule has 0 spiro atoms. The van der Waals surface area contributed by atoms with Crippen LogP contribution < -0.4 is 5.32 Å². The fourth-order valence-electron chi connectivity index (χ4n) is 1.79. The Morgan fingerprint density at radius 2 is 1.60 bits per heavy atom. The number of carboxylic acid groups (broad SMARTS) is 1. The van der Waals surface area contributed by atoms with Crippen LogP contribution in [0.3, 0.4) is 0 Å². The molecule has 2 aromatic rings. The molecule has 0 aliphatic heterocycles. The summed E-state index contributed by atoms with van der Waals surface area (Å²) >= 11 is 5.92. The molecule has 1 atom stereocenters. The zero-order valence-electron chi connectivity index (χ0n) is 10.4. The van der Waals surface area contributed by atoms with Crippen LogP contribution in [-0.4, -0.2) is 17.0 Å². The van der Waals surface area contributed by atoms with Crippen molar-refractivity contribution in [2.75, 3.05) is 0 Å². The van der Waals surface area contributed by atoms with E-state index in [0.717, 1.165) is 0 Å². The molecule has 2 N–H and O–H groups in total. The number of rotatable bonds is 4. The van der Waals surface area contributed by atoms with Gasteiger partial charge in [-0.25, -0.2) is 4.79 Å². The quantitative estimate of drug-likeness (QED) is 0.909. The normalized spacial score (nSPS) is 11.7. The van der Waals surface area contributed by atoms with E-state index in [-0.39, 0.29) is 10.6 Å². The van der Waals surface area contributed by atoms with E-state index in [9.17, 15) is 14.7 Å². The molecule has 0 fully saturated rings. The van der Waals surface area contributed by atoms with Crippen molar-refractivity contribution < 1.29 is 14.7 Å². The first-order chi connectivity index (χ1) is 9.59. The van der Waals surface area contributed by atoms with Crippen LogP contribution in [0.15, 0.2) is 54.6 Å². The summed E-state index contributed by atoms with van der Waals surface area (Å²) in [6.07, 6.45) is 0. The summed E-state index contributed by atoms with van der Waals surface area (Å²) in [6.45, 7) is 0. The van der Waals surface area contributed by atoms with Gasteiger partial charge in [-0.2, -0.15) is 0 Å². The molecular formula is C15H12ClNO3. The maximum Gasteiger partial charge on any atom is 0.330 e. The van der Waals surface area contributed by atoms with E-state index < -0.39 is 17.9 Å². The van der Waals surface area contributed by atoms with Gasteiger partial charge in [-0.15, -0.1) is 0 Å². The Hall–Kier alpha value is -2.33. The number of nitrogens with one attached hydrogen (secondary N) is 1. The lowest BCUT2D eigenvalue weighted by molar-refractivity contribution is -0.139. The molecule has 0 heterocycles. The molecule has 2 aromatic carbocycles. The largest absolute Gasteiger partial charge is 0.479 e. The van der Waals surface area contributed by atoms with Crippen LogP contribution in [0.4, 0.5) is 0 Å². The van der Waals surface area contributed by atoms with Crippen molar-refractivity contribution >= 4 is 23.5 Å². The number of halogens is 1. The fraction of sp³-hybridized carbons (Fsp3) is 0.0667. The number of hydrogen-bond acceptors (Lipinski definition) is 2. The smallest absolute Gasteiger partial charge is 0.330 e. The summed E-state index contributed by atoms with van der Waals surface area (Å²) < 4.78 is 0. The van der Waals surface area contributed by atoms with Crippen LogP contribution in [0.5, 0.6) is 0 Å². The Balaban J connectivity index is 2.24. The Morgan fingerprint density at radius 3 is 2.20 bits per heavy atom. The monoisotopic (exact) mass is 289 g/mol. The maximum atomic E-state index is 12.1. The van der Waals surface area contributed by atoms with E-state index in [2.05, 4.69) is 5.32 Å². The molecule has 5 heteroatoms. The van der Waals surface area contributed by atoms with Gasteiger partial charge in [0.1, 0.15) is 0 Å². The van der Waals surface area contributed by atoms with Crippen molar-refractivity contribution in [3.63, 3.8) is 0 Å². The van der Waals surface area contributed by atoms with Crippen LogP contribution in [0.2, 0.25) is 5.02 Å². The first kappa shape index (κ1) is 14.1. The SMILES string of the molecule is O=C(N[C@@H](C(=O)O)c1ccccc1)c1ccccc1Cl. The van der Waals surface area contributed by atoms with E-state index in [1.807, 2.05) is 0 Å². The highest BCUT2D eigenvalue weighted by Crippen LogP contribution is 2.18. The van der Waals surface area contributed by atoms with Crippen molar-refractivity contribution in [2.24, 2.45) is 0 Å². The molecule has 0 saturated carbocycles. The lowest BCUT2D eigenvalue weighted by atomic mass is 10.1. The summed E-state index contributed by atoms with van der Waals surface area (Å²) in [5, 5.41) is 12.0. The molecule has 20 heavy (non-hydrogen) atoms. The second-order valence-electron chi connectivity index (χ2n) is 4.14. The molecule has 0 unspecified atom stereocenters. The van der Waals surface area contributed by atoms with E-state index in [4.69, 9.17) is 11.6 Å². The van der Waals surface area contributed by atoms with Crippen LogP contribution in [0.25, 0.3) is 0 Å². The summed E-state index contributed by atoms with van der Waals surface area (Å²) in [6, 6.07) is 13.9. The molecular weight excluding hydrogens is 278 g/mol. The predicted molar refractivity (Wildman–Crippen MR) is 75.7 cm³/mol. The molecule has 0 radical (unpaired) electrons. The van der Waals surface area contributed by atoms with Gasteiger partial charge in [-0.3, -0.25) is 4.79 Å². The number of carbonyl (C=O) groups is 2. The van der Waals surface area contributed by atoms with Gasteiger partial charge in [0.05, 0.1) is 10.6 Å². The van der Waals surface area contributed by atoms with Crippen LogP contribution in [0.1, 0.15) is 22.0 Å². The third-order valence-electron chi connectivity index (χ3n) is 2.77. The van der Waals surface area contributed by atoms with E-state index in [1.54, 1.807) is 54.6 Å². The second kappa shape index (κ2) is 6.21. The van der Waals surface area contributed by atoms with E-state index >= 15 is 0 Å². The van der Waals surface area contributed by atoms with E-state index in [1.165, 1.54) is 0 Å². The number of carbonyl (C=O) groups excluding carboxylic acids is 1. The zero-order chi connectivity index (χ0) is 14.5. The maximum absolute atomic E-state index is 12.1. The summed E-state index contributed by atoms with van der Waals surface area (Å²) in [7, 11) is 0. The number of amides is 1. The fourth-order valence-corrected chi connectivity index (χ4v) is 2.01. The molecule has 102 valence electrons. The average molecular weight is 290 g/mol. The first-order valence-corrected chi connectivity index (χ1v) is 6.30. The van der Waals surface area contributed by atoms with Gasteiger partial charge in [0.2, 0.25) is 0 Å².